The smallest absolute Gasteiger partial charge is 0.252 e. The van der Waals surface area contributed by atoms with Crippen LogP contribution in [0.15, 0.2) is 18.2 Å². The molecule has 1 aliphatic heterocycles. The normalized spacial score (nSPS) is 19.4. The van der Waals surface area contributed by atoms with Crippen LogP contribution < -0.4 is 5.32 Å². The number of carbonyl (C=O) groups excluding carboxylic acids is 1. The molecular weight excluding hydrogens is 307 g/mol. The number of benzene rings is 1. The first-order chi connectivity index (χ1) is 10.5. The monoisotopic (exact) mass is 328 g/mol. The van der Waals surface area contributed by atoms with Gasteiger partial charge in [0.2, 0.25) is 0 Å². The van der Waals surface area contributed by atoms with E-state index < -0.39 is 5.82 Å². The lowest BCUT2D eigenvalue weighted by Crippen LogP contribution is -2.48. The van der Waals surface area contributed by atoms with E-state index in [1.165, 1.54) is 12.1 Å². The molecule has 0 saturated carbocycles. The van der Waals surface area contributed by atoms with Crippen LogP contribution in [0.25, 0.3) is 0 Å². The molecule has 0 bridgehead atoms. The van der Waals surface area contributed by atoms with Gasteiger partial charge in [0.05, 0.1) is 23.3 Å². The summed E-state index contributed by atoms with van der Waals surface area (Å²) in [6.07, 6.45) is -0.0318. The van der Waals surface area contributed by atoms with E-state index in [0.717, 1.165) is 25.7 Å². The van der Waals surface area contributed by atoms with Gasteiger partial charge in [-0.05, 0) is 24.1 Å². The molecule has 1 saturated heterocycles. The maximum absolute atomic E-state index is 13.0. The second-order valence-electron chi connectivity index (χ2n) is 5.98. The van der Waals surface area contributed by atoms with Crippen molar-refractivity contribution in [3.05, 3.63) is 34.6 Å². The van der Waals surface area contributed by atoms with Crippen LogP contribution in [0.2, 0.25) is 5.02 Å². The quantitative estimate of drug-likeness (QED) is 0.903. The summed E-state index contributed by atoms with van der Waals surface area (Å²) in [5.74, 6) is -0.164. The van der Waals surface area contributed by atoms with Crippen LogP contribution in [0.4, 0.5) is 4.39 Å². The number of amides is 1. The van der Waals surface area contributed by atoms with E-state index >= 15 is 0 Å². The number of hydrogen-bond donors (Lipinski definition) is 1. The third-order valence-corrected chi connectivity index (χ3v) is 3.83. The maximum atomic E-state index is 13.0. The summed E-state index contributed by atoms with van der Waals surface area (Å²) in [5, 5.41) is 2.92. The fraction of sp³-hybridized carbons (Fsp3) is 0.562. The zero-order valence-corrected chi connectivity index (χ0v) is 13.7. The second kappa shape index (κ2) is 7.90. The number of morpholine rings is 1. The van der Waals surface area contributed by atoms with Gasteiger partial charge in [-0.3, -0.25) is 9.69 Å². The predicted octanol–water partition coefficient (Wildman–Crippen LogP) is 2.57. The Morgan fingerprint density at radius 3 is 3.00 bits per heavy atom. The minimum absolute atomic E-state index is 0.0318. The molecule has 0 radical (unpaired) electrons. The molecule has 1 aromatic rings. The summed E-state index contributed by atoms with van der Waals surface area (Å²) in [6, 6.07) is 3.75. The molecule has 1 N–H and O–H groups in total. The van der Waals surface area contributed by atoms with Crippen molar-refractivity contribution < 1.29 is 13.9 Å². The molecular formula is C16H22ClFN2O2. The second-order valence-corrected chi connectivity index (χ2v) is 6.39. The molecule has 1 amide bonds. The van der Waals surface area contributed by atoms with Crippen molar-refractivity contribution >= 4 is 17.5 Å². The third-order valence-electron chi connectivity index (χ3n) is 3.51. The van der Waals surface area contributed by atoms with Gasteiger partial charge in [0.25, 0.3) is 5.91 Å². The van der Waals surface area contributed by atoms with E-state index in [2.05, 4.69) is 24.1 Å². The Morgan fingerprint density at radius 1 is 1.55 bits per heavy atom. The SMILES string of the molecule is CC(C)CN1CCOC(CNC(=O)c2ccc(F)cc2Cl)C1. The molecule has 1 unspecified atom stereocenters. The van der Waals surface area contributed by atoms with Gasteiger partial charge in [-0.1, -0.05) is 25.4 Å². The lowest BCUT2D eigenvalue weighted by Gasteiger charge is -2.33. The molecule has 0 spiro atoms. The van der Waals surface area contributed by atoms with Crippen molar-refractivity contribution in [3.8, 4) is 0 Å². The zero-order valence-electron chi connectivity index (χ0n) is 12.9. The van der Waals surface area contributed by atoms with Crippen LogP contribution in [0.5, 0.6) is 0 Å². The van der Waals surface area contributed by atoms with Crippen LogP contribution >= 0.6 is 11.6 Å². The molecule has 22 heavy (non-hydrogen) atoms. The molecule has 0 aromatic heterocycles. The molecule has 122 valence electrons. The molecule has 0 aliphatic carbocycles. The van der Waals surface area contributed by atoms with Crippen LogP contribution in [-0.2, 0) is 4.74 Å². The number of nitrogens with one attached hydrogen (secondary N) is 1. The topological polar surface area (TPSA) is 41.6 Å². The Bertz CT molecular complexity index is 525. The first kappa shape index (κ1) is 17.2. The Morgan fingerprint density at radius 2 is 2.32 bits per heavy atom. The Labute approximate surface area is 135 Å². The van der Waals surface area contributed by atoms with Gasteiger partial charge in [0.1, 0.15) is 5.82 Å². The minimum atomic E-state index is -0.457. The van der Waals surface area contributed by atoms with E-state index in [-0.39, 0.29) is 22.6 Å². The van der Waals surface area contributed by atoms with E-state index in [0.29, 0.717) is 19.1 Å². The summed E-state index contributed by atoms with van der Waals surface area (Å²) in [4.78, 5) is 14.4. The van der Waals surface area contributed by atoms with Crippen molar-refractivity contribution in [2.24, 2.45) is 5.92 Å². The van der Waals surface area contributed by atoms with Crippen LogP contribution in [-0.4, -0.2) is 49.7 Å². The third kappa shape index (κ3) is 4.93. The van der Waals surface area contributed by atoms with Crippen molar-refractivity contribution in [2.45, 2.75) is 20.0 Å². The lowest BCUT2D eigenvalue weighted by atomic mass is 10.1. The van der Waals surface area contributed by atoms with Gasteiger partial charge in [0, 0.05) is 26.2 Å². The maximum Gasteiger partial charge on any atom is 0.252 e. The van der Waals surface area contributed by atoms with E-state index in [1.54, 1.807) is 0 Å². The largest absolute Gasteiger partial charge is 0.374 e. The number of rotatable bonds is 5. The molecule has 1 heterocycles. The number of ether oxygens (including phenoxy) is 1. The highest BCUT2D eigenvalue weighted by molar-refractivity contribution is 6.33. The molecule has 1 aromatic carbocycles. The van der Waals surface area contributed by atoms with Crippen molar-refractivity contribution in [3.63, 3.8) is 0 Å². The number of carbonyl (C=O) groups is 1. The predicted molar refractivity (Wildman–Crippen MR) is 84.8 cm³/mol. The van der Waals surface area contributed by atoms with E-state index in [9.17, 15) is 9.18 Å². The molecule has 2 rings (SSSR count). The van der Waals surface area contributed by atoms with Gasteiger partial charge in [-0.2, -0.15) is 0 Å². The van der Waals surface area contributed by atoms with Crippen molar-refractivity contribution in [1.29, 1.82) is 0 Å². The minimum Gasteiger partial charge on any atom is -0.374 e. The van der Waals surface area contributed by atoms with Crippen molar-refractivity contribution in [1.82, 2.24) is 10.2 Å². The summed E-state index contributed by atoms with van der Waals surface area (Å²) >= 11 is 5.89. The molecule has 1 fully saturated rings. The first-order valence-electron chi connectivity index (χ1n) is 7.53. The fourth-order valence-corrected chi connectivity index (χ4v) is 2.81. The Kier molecular flexibility index (Phi) is 6.17. The standard InChI is InChI=1S/C16H22ClFN2O2/c1-11(2)9-20-5-6-22-13(10-20)8-19-16(21)14-4-3-12(18)7-15(14)17/h3-4,7,11,13H,5-6,8-10H2,1-2H3,(H,19,21). The average molecular weight is 329 g/mol. The summed E-state index contributed by atoms with van der Waals surface area (Å²) in [6.45, 7) is 8.21. The van der Waals surface area contributed by atoms with E-state index in [1.807, 2.05) is 0 Å². The van der Waals surface area contributed by atoms with Gasteiger partial charge in [-0.15, -0.1) is 0 Å². The number of nitrogens with zero attached hydrogens (tertiary/aromatic N) is 1. The zero-order chi connectivity index (χ0) is 16.1. The first-order valence-corrected chi connectivity index (χ1v) is 7.90. The molecule has 1 atom stereocenters. The Hall–Kier alpha value is -1.17. The van der Waals surface area contributed by atoms with Gasteiger partial charge in [0.15, 0.2) is 0 Å². The Balaban J connectivity index is 1.85. The highest BCUT2D eigenvalue weighted by atomic mass is 35.5. The van der Waals surface area contributed by atoms with Gasteiger partial charge >= 0.3 is 0 Å². The van der Waals surface area contributed by atoms with Crippen LogP contribution in [0, 0.1) is 11.7 Å². The number of halogens is 2. The van der Waals surface area contributed by atoms with Crippen LogP contribution in [0.3, 0.4) is 0 Å². The fourth-order valence-electron chi connectivity index (χ4n) is 2.56. The number of hydrogen-bond acceptors (Lipinski definition) is 3. The molecule has 1 aliphatic rings. The highest BCUT2D eigenvalue weighted by Gasteiger charge is 2.22. The van der Waals surface area contributed by atoms with E-state index in [4.69, 9.17) is 16.3 Å². The molecule has 6 heteroatoms. The summed E-state index contributed by atoms with van der Waals surface area (Å²) in [7, 11) is 0. The van der Waals surface area contributed by atoms with Gasteiger partial charge in [-0.25, -0.2) is 4.39 Å². The summed E-state index contributed by atoms with van der Waals surface area (Å²) in [5.41, 5.74) is 0.276. The lowest BCUT2D eigenvalue weighted by molar-refractivity contribution is -0.0295. The van der Waals surface area contributed by atoms with Crippen LogP contribution in [0.1, 0.15) is 24.2 Å². The summed E-state index contributed by atoms with van der Waals surface area (Å²) < 4.78 is 18.7. The van der Waals surface area contributed by atoms with Gasteiger partial charge < -0.3 is 10.1 Å². The van der Waals surface area contributed by atoms with Crippen molar-refractivity contribution in [2.75, 3.05) is 32.8 Å². The highest BCUT2D eigenvalue weighted by Crippen LogP contribution is 2.17. The molecule has 4 nitrogen and oxygen atoms in total. The average Bonchev–Trinajstić information content (AvgIpc) is 2.44.